The quantitative estimate of drug-likeness (QED) is 0.172. The molecular formula is C50H31NS2. The Labute approximate surface area is 315 Å². The number of fused-ring (bicyclic) bond motifs is 9. The fraction of sp³-hybridized carbons (Fsp3) is 0. The molecule has 0 aliphatic carbocycles. The first-order chi connectivity index (χ1) is 26.3. The van der Waals surface area contributed by atoms with Gasteiger partial charge in [0, 0.05) is 57.1 Å². The summed E-state index contributed by atoms with van der Waals surface area (Å²) in [5, 5.41) is 10.4. The first-order valence-electron chi connectivity index (χ1n) is 18.0. The lowest BCUT2D eigenvalue weighted by atomic mass is 9.97. The molecule has 1 nitrogen and oxygen atoms in total. The van der Waals surface area contributed by atoms with Gasteiger partial charge in [0.2, 0.25) is 0 Å². The van der Waals surface area contributed by atoms with Crippen molar-refractivity contribution in [2.24, 2.45) is 0 Å². The monoisotopic (exact) mass is 709 g/mol. The average Bonchev–Trinajstić information content (AvgIpc) is 3.80. The van der Waals surface area contributed by atoms with E-state index in [-0.39, 0.29) is 0 Å². The summed E-state index contributed by atoms with van der Waals surface area (Å²) in [6.07, 6.45) is 0. The molecule has 0 saturated heterocycles. The molecule has 2 aromatic heterocycles. The Morgan fingerprint density at radius 1 is 0.340 bits per heavy atom. The molecule has 0 amide bonds. The van der Waals surface area contributed by atoms with Crippen molar-refractivity contribution in [1.82, 2.24) is 0 Å². The molecule has 3 heteroatoms. The van der Waals surface area contributed by atoms with Gasteiger partial charge in [0.25, 0.3) is 0 Å². The Hall–Kier alpha value is -6.26. The summed E-state index contributed by atoms with van der Waals surface area (Å²) in [5.74, 6) is 0. The van der Waals surface area contributed by atoms with Gasteiger partial charge >= 0.3 is 0 Å². The molecule has 53 heavy (non-hydrogen) atoms. The van der Waals surface area contributed by atoms with E-state index in [0.29, 0.717) is 0 Å². The van der Waals surface area contributed by atoms with Crippen molar-refractivity contribution in [1.29, 1.82) is 0 Å². The van der Waals surface area contributed by atoms with Crippen LogP contribution >= 0.6 is 22.7 Å². The highest BCUT2D eigenvalue weighted by Crippen LogP contribution is 2.48. The minimum Gasteiger partial charge on any atom is -0.310 e. The Balaban J connectivity index is 1.11. The van der Waals surface area contributed by atoms with E-state index in [1.165, 1.54) is 84.1 Å². The summed E-state index contributed by atoms with van der Waals surface area (Å²) in [6, 6.07) is 69.0. The minimum atomic E-state index is 1.12. The molecule has 9 aromatic carbocycles. The maximum atomic E-state index is 2.43. The molecule has 0 spiro atoms. The van der Waals surface area contributed by atoms with Gasteiger partial charge in [-0.3, -0.25) is 0 Å². The second kappa shape index (κ2) is 12.2. The molecule has 0 saturated carbocycles. The zero-order chi connectivity index (χ0) is 34.9. The first-order valence-corrected chi connectivity index (χ1v) is 19.6. The van der Waals surface area contributed by atoms with Crippen molar-refractivity contribution in [3.8, 4) is 22.3 Å². The number of benzene rings is 9. The number of hydrogen-bond acceptors (Lipinski definition) is 3. The van der Waals surface area contributed by atoms with Crippen LogP contribution in [0.2, 0.25) is 0 Å². The number of rotatable bonds is 5. The molecule has 0 aliphatic rings. The zero-order valence-corrected chi connectivity index (χ0v) is 30.3. The third-order valence-corrected chi connectivity index (χ3v) is 13.0. The Bertz CT molecular complexity index is 3170. The highest BCUT2D eigenvalue weighted by atomic mass is 32.1. The molecule has 248 valence electrons. The van der Waals surface area contributed by atoms with Gasteiger partial charge in [0.05, 0.1) is 5.69 Å². The second-order valence-electron chi connectivity index (χ2n) is 13.7. The number of hydrogen-bond donors (Lipinski definition) is 0. The van der Waals surface area contributed by atoms with Crippen molar-refractivity contribution in [3.05, 3.63) is 188 Å². The molecule has 0 aliphatic heterocycles. The highest BCUT2D eigenvalue weighted by molar-refractivity contribution is 7.29. The Kier molecular flexibility index (Phi) is 6.97. The van der Waals surface area contributed by atoms with Gasteiger partial charge in [-0.25, -0.2) is 0 Å². The number of nitrogens with zero attached hydrogens (tertiary/aromatic N) is 1. The van der Waals surface area contributed by atoms with E-state index in [1.54, 1.807) is 0 Å². The lowest BCUT2D eigenvalue weighted by molar-refractivity contribution is 1.30. The lowest BCUT2D eigenvalue weighted by Gasteiger charge is -2.27. The summed E-state index contributed by atoms with van der Waals surface area (Å²) in [4.78, 5) is 2.43. The molecule has 2 heterocycles. The third-order valence-electron chi connectivity index (χ3n) is 10.7. The lowest BCUT2D eigenvalue weighted by Crippen LogP contribution is -2.10. The molecule has 0 fully saturated rings. The first kappa shape index (κ1) is 30.4. The number of thiophene rings is 2. The second-order valence-corrected chi connectivity index (χ2v) is 15.8. The van der Waals surface area contributed by atoms with Crippen LogP contribution in [-0.4, -0.2) is 0 Å². The average molecular weight is 710 g/mol. The van der Waals surface area contributed by atoms with Gasteiger partial charge in [-0.1, -0.05) is 140 Å². The van der Waals surface area contributed by atoms with Gasteiger partial charge in [-0.05, 0) is 86.9 Å². The number of anilines is 3. The van der Waals surface area contributed by atoms with Crippen LogP contribution in [-0.2, 0) is 0 Å². The normalized spacial score (nSPS) is 11.8. The summed E-state index contributed by atoms with van der Waals surface area (Å²) in [6.45, 7) is 0. The van der Waals surface area contributed by atoms with Crippen LogP contribution in [0, 0.1) is 0 Å². The van der Waals surface area contributed by atoms with Crippen LogP contribution < -0.4 is 4.90 Å². The standard InChI is InChI=1S/C50H31NS2/c1-3-17-38-32(11-1)13-8-20-39(38)34-25-27-36(28-26-34)51(44-22-9-14-33-12-2-4-18-40(33)44)37-16-7-15-35(31-37)41-21-10-24-46-48(41)49-47(52-46)30-29-43-42-19-5-6-23-45(42)53-50(43)49/h1-31H. The van der Waals surface area contributed by atoms with Crippen LogP contribution in [0.1, 0.15) is 0 Å². The molecule has 0 unspecified atom stereocenters. The van der Waals surface area contributed by atoms with Gasteiger partial charge in [0.1, 0.15) is 0 Å². The Morgan fingerprint density at radius 3 is 1.85 bits per heavy atom. The molecule has 11 aromatic rings. The van der Waals surface area contributed by atoms with E-state index in [0.717, 1.165) is 17.1 Å². The predicted octanol–water partition coefficient (Wildman–Crippen LogP) is 15.5. The van der Waals surface area contributed by atoms with Crippen molar-refractivity contribution in [2.45, 2.75) is 0 Å². The van der Waals surface area contributed by atoms with Crippen molar-refractivity contribution < 1.29 is 0 Å². The molecule has 11 rings (SSSR count). The van der Waals surface area contributed by atoms with E-state index in [9.17, 15) is 0 Å². The van der Waals surface area contributed by atoms with Crippen LogP contribution in [0.25, 0.3) is 84.1 Å². The SMILES string of the molecule is c1cc(-c2cccc3sc4ccc5c6ccccc6sc5c4c23)cc(N(c2ccc(-c3cccc4ccccc34)cc2)c2cccc3ccccc23)c1. The van der Waals surface area contributed by atoms with Gasteiger partial charge in [-0.15, -0.1) is 22.7 Å². The summed E-state index contributed by atoms with van der Waals surface area (Å²) in [7, 11) is 0. The van der Waals surface area contributed by atoms with E-state index in [4.69, 9.17) is 0 Å². The van der Waals surface area contributed by atoms with Crippen LogP contribution in [0.15, 0.2) is 188 Å². The molecule has 0 atom stereocenters. The predicted molar refractivity (Wildman–Crippen MR) is 233 cm³/mol. The van der Waals surface area contributed by atoms with E-state index in [1.807, 2.05) is 22.7 Å². The van der Waals surface area contributed by atoms with E-state index < -0.39 is 0 Å². The van der Waals surface area contributed by atoms with Crippen molar-refractivity contribution in [3.63, 3.8) is 0 Å². The van der Waals surface area contributed by atoms with Gasteiger partial charge < -0.3 is 4.90 Å². The maximum Gasteiger partial charge on any atom is 0.0540 e. The molecular weight excluding hydrogens is 679 g/mol. The minimum absolute atomic E-state index is 1.12. The van der Waals surface area contributed by atoms with Gasteiger partial charge in [-0.2, -0.15) is 0 Å². The fourth-order valence-corrected chi connectivity index (χ4v) is 10.7. The van der Waals surface area contributed by atoms with Gasteiger partial charge in [0.15, 0.2) is 0 Å². The Morgan fingerprint density at radius 2 is 0.981 bits per heavy atom. The summed E-state index contributed by atoms with van der Waals surface area (Å²) in [5.41, 5.74) is 8.34. The van der Waals surface area contributed by atoms with Crippen LogP contribution in [0.5, 0.6) is 0 Å². The molecule has 0 bridgehead atoms. The molecule has 0 radical (unpaired) electrons. The smallest absolute Gasteiger partial charge is 0.0540 e. The van der Waals surface area contributed by atoms with E-state index >= 15 is 0 Å². The zero-order valence-electron chi connectivity index (χ0n) is 28.7. The van der Waals surface area contributed by atoms with E-state index in [2.05, 4.69) is 193 Å². The summed E-state index contributed by atoms with van der Waals surface area (Å²) >= 11 is 3.81. The fourth-order valence-electron chi connectivity index (χ4n) is 8.24. The molecule has 0 N–H and O–H groups in total. The summed E-state index contributed by atoms with van der Waals surface area (Å²) < 4.78 is 5.38. The van der Waals surface area contributed by atoms with Crippen molar-refractivity contribution in [2.75, 3.05) is 4.90 Å². The highest BCUT2D eigenvalue weighted by Gasteiger charge is 2.19. The van der Waals surface area contributed by atoms with Crippen LogP contribution in [0.3, 0.4) is 0 Å². The largest absolute Gasteiger partial charge is 0.310 e. The third kappa shape index (κ3) is 4.89. The van der Waals surface area contributed by atoms with Crippen molar-refractivity contribution >= 4 is 102 Å². The topological polar surface area (TPSA) is 3.24 Å². The maximum absolute atomic E-state index is 2.43. The van der Waals surface area contributed by atoms with Crippen LogP contribution in [0.4, 0.5) is 17.1 Å².